The van der Waals surface area contributed by atoms with E-state index in [1.54, 1.807) is 19.1 Å². The van der Waals surface area contributed by atoms with Gasteiger partial charge in [0.1, 0.15) is 11.5 Å². The summed E-state index contributed by atoms with van der Waals surface area (Å²) in [6.07, 6.45) is 5.00. The zero-order valence-corrected chi connectivity index (χ0v) is 18.5. The Kier molecular flexibility index (Phi) is 6.03. The number of H-pyrrole nitrogens is 1. The van der Waals surface area contributed by atoms with Crippen LogP contribution >= 0.6 is 0 Å². The molecule has 0 spiro atoms. The van der Waals surface area contributed by atoms with E-state index in [4.69, 9.17) is 5.73 Å². The lowest BCUT2D eigenvalue weighted by Crippen LogP contribution is -2.23. The molecule has 0 aliphatic heterocycles. The fraction of sp³-hybridized carbons (Fsp3) is 0.400. The molecule has 1 unspecified atom stereocenters. The van der Waals surface area contributed by atoms with E-state index in [2.05, 4.69) is 9.97 Å². The Labute approximate surface area is 189 Å². The van der Waals surface area contributed by atoms with Gasteiger partial charge in [-0.2, -0.15) is 0 Å². The summed E-state index contributed by atoms with van der Waals surface area (Å²) in [5, 5.41) is 0.238. The quantitative estimate of drug-likeness (QED) is 0.567. The molecule has 3 N–H and O–H groups in total. The van der Waals surface area contributed by atoms with Crippen molar-refractivity contribution in [2.75, 3.05) is 0 Å². The van der Waals surface area contributed by atoms with Crippen molar-refractivity contribution >= 4 is 16.8 Å². The molecule has 2 heterocycles. The molecule has 8 heteroatoms. The van der Waals surface area contributed by atoms with Gasteiger partial charge in [-0.1, -0.05) is 6.07 Å². The molecule has 2 aromatic heterocycles. The van der Waals surface area contributed by atoms with E-state index in [0.29, 0.717) is 23.9 Å². The zero-order chi connectivity index (χ0) is 23.9. The maximum absolute atomic E-state index is 13.8. The third-order valence-electron chi connectivity index (χ3n) is 7.24. The van der Waals surface area contributed by atoms with Crippen LogP contribution in [0.5, 0.6) is 0 Å². The topological polar surface area (TPSA) is 88.8 Å². The minimum absolute atomic E-state index is 0.00403. The average Bonchev–Trinajstić information content (AvgIpc) is 3.33. The third kappa shape index (κ3) is 4.14. The zero-order valence-electron chi connectivity index (χ0n) is 18.5. The molecular weight excluding hydrogens is 431 g/mol. The number of rotatable bonds is 2. The molecule has 0 saturated heterocycles. The van der Waals surface area contributed by atoms with E-state index in [9.17, 15) is 22.8 Å². The predicted molar refractivity (Wildman–Crippen MR) is 120 cm³/mol. The molecule has 1 aromatic carbocycles. The summed E-state index contributed by atoms with van der Waals surface area (Å²) in [6, 6.07) is 6.24. The van der Waals surface area contributed by atoms with Gasteiger partial charge in [-0.05, 0) is 73.8 Å². The highest BCUT2D eigenvalue weighted by Gasteiger charge is 2.55. The highest BCUT2D eigenvalue weighted by Crippen LogP contribution is 2.58. The lowest BCUT2D eigenvalue weighted by Gasteiger charge is -2.22. The van der Waals surface area contributed by atoms with Crippen molar-refractivity contribution in [3.8, 4) is 0 Å². The number of halogens is 3. The molecule has 33 heavy (non-hydrogen) atoms. The van der Waals surface area contributed by atoms with Crippen molar-refractivity contribution in [3.63, 3.8) is 0 Å². The number of aromatic nitrogens is 2. The second kappa shape index (κ2) is 8.65. The van der Waals surface area contributed by atoms with Crippen LogP contribution in [0.4, 0.5) is 13.2 Å². The van der Waals surface area contributed by atoms with E-state index < -0.39 is 17.7 Å². The number of aromatic amines is 1. The molecule has 2 saturated carbocycles. The largest absolute Gasteiger partial charge is 0.364 e. The average molecular weight is 457 g/mol. The van der Waals surface area contributed by atoms with Crippen LogP contribution in [0.2, 0.25) is 0 Å². The Balaban J connectivity index is 0.000000165. The number of hydrogen-bond acceptors (Lipinski definition) is 3. The first-order chi connectivity index (χ1) is 15.6. The second-order valence-electron chi connectivity index (χ2n) is 8.93. The second-order valence-corrected chi connectivity index (χ2v) is 8.93. The number of amides is 1. The number of nitrogens with two attached hydrogens (primary N) is 1. The van der Waals surface area contributed by atoms with Gasteiger partial charge in [0, 0.05) is 30.8 Å². The highest BCUT2D eigenvalue weighted by molar-refractivity contribution is 6.03. The predicted octanol–water partition coefficient (Wildman–Crippen LogP) is 5.00. The van der Waals surface area contributed by atoms with Crippen LogP contribution in [0.15, 0.2) is 41.5 Å². The Morgan fingerprint density at radius 1 is 1.12 bits per heavy atom. The lowest BCUT2D eigenvalue weighted by molar-refractivity contribution is -0.0409. The summed E-state index contributed by atoms with van der Waals surface area (Å²) in [4.78, 5) is 29.0. The summed E-state index contributed by atoms with van der Waals surface area (Å²) in [6.45, 7) is 3.68. The molecular formula is C25H26F3N3O2. The van der Waals surface area contributed by atoms with Gasteiger partial charge < -0.3 is 10.7 Å². The maximum Gasteiger partial charge on any atom is 0.268 e. The van der Waals surface area contributed by atoms with Crippen LogP contribution < -0.4 is 11.2 Å². The number of carbonyl (C=O) groups excluding carboxylic acids is 1. The van der Waals surface area contributed by atoms with Crippen molar-refractivity contribution in [2.24, 2.45) is 17.6 Å². The van der Waals surface area contributed by atoms with Crippen LogP contribution in [0.3, 0.4) is 0 Å². The Bertz CT molecular complexity index is 1270. The number of benzene rings is 1. The summed E-state index contributed by atoms with van der Waals surface area (Å²) in [5.74, 6) is -3.57. The number of nitrogens with one attached hydrogen (secondary N) is 1. The summed E-state index contributed by atoms with van der Waals surface area (Å²) < 4.78 is 41.1. The van der Waals surface area contributed by atoms with Gasteiger partial charge >= 0.3 is 0 Å². The molecule has 5 nitrogen and oxygen atoms in total. The summed E-state index contributed by atoms with van der Waals surface area (Å²) >= 11 is 0. The number of pyridine rings is 2. The molecule has 174 valence electrons. The molecule has 5 rings (SSSR count). The van der Waals surface area contributed by atoms with Crippen LogP contribution in [0.1, 0.15) is 58.8 Å². The molecule has 3 aromatic rings. The van der Waals surface area contributed by atoms with Crippen LogP contribution in [-0.2, 0) is 0 Å². The van der Waals surface area contributed by atoms with Gasteiger partial charge in [-0.3, -0.25) is 14.6 Å². The van der Waals surface area contributed by atoms with Crippen molar-refractivity contribution in [1.82, 2.24) is 9.97 Å². The fourth-order valence-corrected chi connectivity index (χ4v) is 5.44. The molecule has 1 amide bonds. The Hall–Kier alpha value is -3.16. The standard InChI is InChI=1S/C16H19F3.C9H7N3O2/c1-9-10(2)15(17)6-4-11(9)12-3-5-14-13(12)7-8-16(14,18)19;10-9(14)8-7-5(1-3-12-8)11-4-2-6(7)13/h4,6,12-14H,3,5,7-8H2,1-2H3;1-4H,(H2,10,14)(H,11,13)/t12?,13-,14+;/m1./s1. The van der Waals surface area contributed by atoms with Gasteiger partial charge in [-0.15, -0.1) is 0 Å². The number of nitrogens with zero attached hydrogens (tertiary/aromatic N) is 1. The summed E-state index contributed by atoms with van der Waals surface area (Å²) in [5.41, 5.74) is 8.08. The normalized spacial score (nSPS) is 23.1. The first-order valence-corrected chi connectivity index (χ1v) is 11.0. The van der Waals surface area contributed by atoms with Gasteiger partial charge in [0.05, 0.1) is 10.9 Å². The number of hydrogen-bond donors (Lipinski definition) is 2. The van der Waals surface area contributed by atoms with Crippen molar-refractivity contribution < 1.29 is 18.0 Å². The van der Waals surface area contributed by atoms with Gasteiger partial charge in [0.25, 0.3) is 11.8 Å². The molecule has 2 aliphatic carbocycles. The lowest BCUT2D eigenvalue weighted by atomic mass is 9.83. The number of carbonyl (C=O) groups is 1. The Morgan fingerprint density at radius 2 is 1.88 bits per heavy atom. The van der Waals surface area contributed by atoms with Crippen LogP contribution in [0, 0.1) is 31.5 Å². The molecule has 2 fully saturated rings. The number of primary amides is 1. The third-order valence-corrected chi connectivity index (χ3v) is 7.24. The van der Waals surface area contributed by atoms with Crippen molar-refractivity contribution in [1.29, 1.82) is 0 Å². The monoisotopic (exact) mass is 457 g/mol. The van der Waals surface area contributed by atoms with E-state index in [1.165, 1.54) is 24.5 Å². The minimum atomic E-state index is -2.48. The molecule has 0 radical (unpaired) electrons. The van der Waals surface area contributed by atoms with Crippen molar-refractivity contribution in [3.05, 3.63) is 75.1 Å². The van der Waals surface area contributed by atoms with Gasteiger partial charge in [0.15, 0.2) is 5.43 Å². The van der Waals surface area contributed by atoms with Crippen LogP contribution in [0.25, 0.3) is 10.9 Å². The Morgan fingerprint density at radius 3 is 2.61 bits per heavy atom. The van der Waals surface area contributed by atoms with E-state index in [1.807, 2.05) is 6.92 Å². The minimum Gasteiger partial charge on any atom is -0.364 e. The molecule has 3 atom stereocenters. The fourth-order valence-electron chi connectivity index (χ4n) is 5.44. The van der Waals surface area contributed by atoms with Gasteiger partial charge in [-0.25, -0.2) is 13.2 Å². The molecule has 2 aliphatic rings. The van der Waals surface area contributed by atoms with E-state index >= 15 is 0 Å². The van der Waals surface area contributed by atoms with Crippen molar-refractivity contribution in [2.45, 2.75) is 51.4 Å². The SMILES string of the molecule is Cc1c(F)ccc(C2CC[C@H]3[C@@H]2CCC3(F)F)c1C.NC(=O)c1nccc2[nH]ccc(=O)c12. The first kappa shape index (κ1) is 23.0. The maximum atomic E-state index is 13.8. The smallest absolute Gasteiger partial charge is 0.268 e. The number of fused-ring (bicyclic) bond motifs is 2. The molecule has 0 bridgehead atoms. The summed E-state index contributed by atoms with van der Waals surface area (Å²) in [7, 11) is 0. The van der Waals surface area contributed by atoms with E-state index in [-0.39, 0.29) is 40.6 Å². The highest BCUT2D eigenvalue weighted by atomic mass is 19.3. The van der Waals surface area contributed by atoms with Gasteiger partial charge in [0.2, 0.25) is 0 Å². The number of alkyl halides is 2. The van der Waals surface area contributed by atoms with E-state index in [0.717, 1.165) is 17.5 Å². The first-order valence-electron chi connectivity index (χ1n) is 11.0. The van der Waals surface area contributed by atoms with Crippen LogP contribution in [-0.4, -0.2) is 21.8 Å².